The number of carbonyl (C=O) groups is 1. The van der Waals surface area contributed by atoms with Crippen molar-refractivity contribution < 1.29 is 4.79 Å². The molecule has 0 saturated carbocycles. The minimum atomic E-state index is -0.414. The summed E-state index contributed by atoms with van der Waals surface area (Å²) >= 11 is 0. The average molecular weight is 383 g/mol. The Kier molecular flexibility index (Phi) is 5.57. The Bertz CT molecular complexity index is 1130. The zero-order valence-corrected chi connectivity index (χ0v) is 17.6. The topological polar surface area (TPSA) is 52.9 Å². The van der Waals surface area contributed by atoms with Gasteiger partial charge in [0.25, 0.3) is 5.91 Å². The highest BCUT2D eigenvalue weighted by Crippen LogP contribution is 2.32. The Morgan fingerprint density at radius 2 is 1.55 bits per heavy atom. The van der Waals surface area contributed by atoms with Crippen molar-refractivity contribution in [3.8, 4) is 6.07 Å². The molecule has 0 heterocycles. The Balaban J connectivity index is 2.13. The van der Waals surface area contributed by atoms with Gasteiger partial charge in [0, 0.05) is 16.7 Å². The zero-order valence-electron chi connectivity index (χ0n) is 17.6. The SMILES string of the molecule is Cc1cc(C)cc(/C(C#N)=C(\NC(=O)c2cccc3ccccc23)C(C)(C)C)c1. The average Bonchev–Trinajstić information content (AvgIpc) is 2.65. The predicted molar refractivity (Wildman–Crippen MR) is 119 cm³/mol. The fourth-order valence-electron chi connectivity index (χ4n) is 3.61. The minimum absolute atomic E-state index is 0.205. The van der Waals surface area contributed by atoms with Crippen molar-refractivity contribution in [1.29, 1.82) is 5.26 Å². The molecular formula is C26H26N2O. The number of hydrogen-bond acceptors (Lipinski definition) is 2. The summed E-state index contributed by atoms with van der Waals surface area (Å²) in [4.78, 5) is 13.2. The van der Waals surface area contributed by atoms with Gasteiger partial charge < -0.3 is 5.32 Å². The van der Waals surface area contributed by atoms with Crippen LogP contribution in [0.25, 0.3) is 16.3 Å². The molecule has 0 aliphatic carbocycles. The van der Waals surface area contributed by atoms with Crippen molar-refractivity contribution in [3.05, 3.63) is 88.6 Å². The van der Waals surface area contributed by atoms with E-state index in [1.54, 1.807) is 0 Å². The van der Waals surface area contributed by atoms with Gasteiger partial charge in [-0.05, 0) is 36.2 Å². The molecule has 3 heteroatoms. The van der Waals surface area contributed by atoms with Gasteiger partial charge in [0.2, 0.25) is 0 Å². The molecule has 3 nitrogen and oxygen atoms in total. The van der Waals surface area contributed by atoms with Gasteiger partial charge >= 0.3 is 0 Å². The second-order valence-electron chi connectivity index (χ2n) is 8.47. The number of allylic oxidation sites excluding steroid dienone is 2. The normalized spacial score (nSPS) is 12.3. The van der Waals surface area contributed by atoms with E-state index in [2.05, 4.69) is 17.5 Å². The van der Waals surface area contributed by atoms with E-state index in [4.69, 9.17) is 0 Å². The molecule has 0 atom stereocenters. The highest BCUT2D eigenvalue weighted by Gasteiger charge is 2.25. The maximum Gasteiger partial charge on any atom is 0.256 e. The quantitative estimate of drug-likeness (QED) is 0.551. The highest BCUT2D eigenvalue weighted by atomic mass is 16.1. The van der Waals surface area contributed by atoms with Crippen molar-refractivity contribution >= 4 is 22.3 Å². The molecule has 0 unspecified atom stereocenters. The van der Waals surface area contributed by atoms with Crippen LogP contribution in [0.1, 0.15) is 47.8 Å². The second-order valence-corrected chi connectivity index (χ2v) is 8.47. The van der Waals surface area contributed by atoms with Crippen LogP contribution in [-0.4, -0.2) is 5.91 Å². The smallest absolute Gasteiger partial charge is 0.256 e. The molecule has 1 amide bonds. The third-order valence-corrected chi connectivity index (χ3v) is 4.89. The number of benzene rings is 3. The van der Waals surface area contributed by atoms with Crippen LogP contribution in [0.5, 0.6) is 0 Å². The second kappa shape index (κ2) is 7.93. The maximum absolute atomic E-state index is 13.2. The van der Waals surface area contributed by atoms with Gasteiger partial charge in [0.1, 0.15) is 6.07 Å². The maximum atomic E-state index is 13.2. The summed E-state index contributed by atoms with van der Waals surface area (Å²) in [5, 5.41) is 15.0. The van der Waals surface area contributed by atoms with Gasteiger partial charge in [0.15, 0.2) is 0 Å². The van der Waals surface area contributed by atoms with Crippen LogP contribution in [0.15, 0.2) is 66.4 Å². The Morgan fingerprint density at radius 1 is 0.931 bits per heavy atom. The lowest BCUT2D eigenvalue weighted by Crippen LogP contribution is -2.31. The van der Waals surface area contributed by atoms with Crippen LogP contribution in [0, 0.1) is 30.6 Å². The fraction of sp³-hybridized carbons (Fsp3) is 0.231. The molecule has 0 fully saturated rings. The van der Waals surface area contributed by atoms with E-state index in [0.29, 0.717) is 16.8 Å². The summed E-state index contributed by atoms with van der Waals surface area (Å²) in [5.41, 5.74) is 4.31. The lowest BCUT2D eigenvalue weighted by molar-refractivity contribution is 0.0959. The summed E-state index contributed by atoms with van der Waals surface area (Å²) in [6.45, 7) is 10.0. The van der Waals surface area contributed by atoms with E-state index >= 15 is 0 Å². The first-order chi connectivity index (χ1) is 13.7. The van der Waals surface area contributed by atoms with E-state index < -0.39 is 5.41 Å². The minimum Gasteiger partial charge on any atom is -0.324 e. The molecule has 3 aromatic carbocycles. The lowest BCUT2D eigenvalue weighted by Gasteiger charge is -2.26. The van der Waals surface area contributed by atoms with E-state index in [-0.39, 0.29) is 5.91 Å². The summed E-state index contributed by atoms with van der Waals surface area (Å²) in [6, 6.07) is 21.9. The summed E-state index contributed by atoms with van der Waals surface area (Å²) in [7, 11) is 0. The number of hydrogen-bond donors (Lipinski definition) is 1. The molecule has 3 rings (SSSR count). The molecule has 0 aliphatic rings. The molecule has 0 spiro atoms. The van der Waals surface area contributed by atoms with Gasteiger partial charge in [-0.1, -0.05) is 86.5 Å². The number of carbonyl (C=O) groups excluding carboxylic acids is 1. The van der Waals surface area contributed by atoms with E-state index in [9.17, 15) is 10.1 Å². The first kappa shape index (κ1) is 20.4. The monoisotopic (exact) mass is 382 g/mol. The standard InChI is InChI=1S/C26H26N2O/c1-17-13-18(2)15-20(14-17)23(16-27)24(26(3,4)5)28-25(29)22-12-8-10-19-9-6-7-11-21(19)22/h6-15H,1-5H3,(H,28,29)/b24-23-. The van der Waals surface area contributed by atoms with Crippen molar-refractivity contribution in [2.24, 2.45) is 5.41 Å². The van der Waals surface area contributed by atoms with Gasteiger partial charge in [0.05, 0.1) is 5.57 Å². The summed E-state index contributed by atoms with van der Waals surface area (Å²) in [5.74, 6) is -0.205. The summed E-state index contributed by atoms with van der Waals surface area (Å²) in [6.07, 6.45) is 0. The number of nitrogens with one attached hydrogen (secondary N) is 1. The third kappa shape index (κ3) is 4.38. The van der Waals surface area contributed by atoms with Gasteiger partial charge in [-0.15, -0.1) is 0 Å². The first-order valence-electron chi connectivity index (χ1n) is 9.73. The molecule has 1 N–H and O–H groups in total. The van der Waals surface area contributed by atoms with Crippen molar-refractivity contribution in [1.82, 2.24) is 5.32 Å². The highest BCUT2D eigenvalue weighted by molar-refractivity contribution is 6.08. The Hall–Kier alpha value is -3.38. The molecule has 146 valence electrons. The zero-order chi connectivity index (χ0) is 21.2. The van der Waals surface area contributed by atoms with E-state index in [0.717, 1.165) is 27.5 Å². The first-order valence-corrected chi connectivity index (χ1v) is 9.73. The van der Waals surface area contributed by atoms with Crippen molar-refractivity contribution in [2.45, 2.75) is 34.6 Å². The molecule has 0 bridgehead atoms. The van der Waals surface area contributed by atoms with Crippen molar-refractivity contribution in [3.63, 3.8) is 0 Å². The third-order valence-electron chi connectivity index (χ3n) is 4.89. The number of nitriles is 1. The predicted octanol–water partition coefficient (Wildman–Crippen LogP) is 6.17. The van der Waals surface area contributed by atoms with Gasteiger partial charge in [-0.25, -0.2) is 0 Å². The van der Waals surface area contributed by atoms with E-state index in [1.807, 2.05) is 89.2 Å². The van der Waals surface area contributed by atoms with Crippen LogP contribution in [-0.2, 0) is 0 Å². The molecule has 0 radical (unpaired) electrons. The summed E-state index contributed by atoms with van der Waals surface area (Å²) < 4.78 is 0. The molecular weight excluding hydrogens is 356 g/mol. The Labute approximate surface area is 172 Å². The molecule has 29 heavy (non-hydrogen) atoms. The van der Waals surface area contributed by atoms with Gasteiger partial charge in [-0.2, -0.15) is 5.26 Å². The largest absolute Gasteiger partial charge is 0.324 e. The van der Waals surface area contributed by atoms with Crippen molar-refractivity contribution in [2.75, 3.05) is 0 Å². The molecule has 0 aliphatic heterocycles. The van der Waals surface area contributed by atoms with Crippen LogP contribution >= 0.6 is 0 Å². The number of aryl methyl sites for hydroxylation is 2. The van der Waals surface area contributed by atoms with E-state index in [1.165, 1.54) is 0 Å². The van der Waals surface area contributed by atoms with Crippen LogP contribution < -0.4 is 5.32 Å². The number of nitrogens with zero attached hydrogens (tertiary/aromatic N) is 1. The number of fused-ring (bicyclic) bond motifs is 1. The number of rotatable bonds is 3. The Morgan fingerprint density at radius 3 is 2.17 bits per heavy atom. The van der Waals surface area contributed by atoms with Crippen LogP contribution in [0.2, 0.25) is 0 Å². The van der Waals surface area contributed by atoms with Crippen LogP contribution in [0.4, 0.5) is 0 Å². The van der Waals surface area contributed by atoms with Crippen LogP contribution in [0.3, 0.4) is 0 Å². The lowest BCUT2D eigenvalue weighted by atomic mass is 9.86. The molecule has 0 saturated heterocycles. The fourth-order valence-corrected chi connectivity index (χ4v) is 3.61. The number of amides is 1. The molecule has 0 aromatic heterocycles. The molecule has 3 aromatic rings. The van der Waals surface area contributed by atoms with Gasteiger partial charge in [-0.3, -0.25) is 4.79 Å².